The van der Waals surface area contributed by atoms with Crippen molar-refractivity contribution in [3.8, 4) is 5.69 Å². The number of nitrogens with zero attached hydrogens (tertiary/aromatic N) is 5. The number of carbonyl (C=O) groups is 1. The van der Waals surface area contributed by atoms with Crippen molar-refractivity contribution in [2.75, 3.05) is 6.54 Å². The van der Waals surface area contributed by atoms with Crippen molar-refractivity contribution >= 4 is 5.91 Å². The van der Waals surface area contributed by atoms with Gasteiger partial charge in [0.15, 0.2) is 0 Å². The van der Waals surface area contributed by atoms with Crippen molar-refractivity contribution in [1.82, 2.24) is 24.2 Å². The van der Waals surface area contributed by atoms with E-state index < -0.39 is 0 Å². The minimum Gasteiger partial charge on any atom is -0.348 e. The summed E-state index contributed by atoms with van der Waals surface area (Å²) in [5.74, 6) is 0.0420. The average molecular weight is 321 g/mol. The molecule has 0 saturated carbocycles. The zero-order valence-corrected chi connectivity index (χ0v) is 13.5. The number of fused-ring (bicyclic) bond motifs is 1. The Balaban J connectivity index is 1.73. The Labute approximate surface area is 140 Å². The summed E-state index contributed by atoms with van der Waals surface area (Å²) in [7, 11) is 0. The smallest absolute Gasteiger partial charge is 0.256 e. The van der Waals surface area contributed by atoms with Crippen molar-refractivity contribution in [2.24, 2.45) is 0 Å². The van der Waals surface area contributed by atoms with Gasteiger partial charge in [0.25, 0.3) is 5.91 Å². The largest absolute Gasteiger partial charge is 0.348 e. The molecule has 1 aliphatic rings. The highest BCUT2D eigenvalue weighted by Crippen LogP contribution is 2.30. The van der Waals surface area contributed by atoms with Gasteiger partial charge in [-0.25, -0.2) is 9.67 Å². The molecule has 0 fully saturated rings. The molecule has 1 amide bonds. The fourth-order valence-corrected chi connectivity index (χ4v) is 3.48. The molecule has 3 aromatic rings. The second-order valence-corrected chi connectivity index (χ2v) is 5.91. The lowest BCUT2D eigenvalue weighted by Gasteiger charge is -2.37. The highest BCUT2D eigenvalue weighted by molar-refractivity contribution is 5.98. The van der Waals surface area contributed by atoms with E-state index in [1.807, 2.05) is 29.2 Å². The van der Waals surface area contributed by atoms with Crippen LogP contribution in [0.1, 0.15) is 35.4 Å². The normalized spacial score (nSPS) is 16.9. The first-order valence-corrected chi connectivity index (χ1v) is 8.19. The molecule has 0 bridgehead atoms. The van der Waals surface area contributed by atoms with Crippen LogP contribution in [-0.4, -0.2) is 36.7 Å². The lowest BCUT2D eigenvalue weighted by atomic mass is 10.0. The third-order valence-electron chi connectivity index (χ3n) is 4.61. The highest BCUT2D eigenvalue weighted by atomic mass is 16.2. The number of rotatable bonds is 3. The van der Waals surface area contributed by atoms with Gasteiger partial charge in [-0.05, 0) is 30.7 Å². The van der Waals surface area contributed by atoms with Crippen molar-refractivity contribution in [3.05, 3.63) is 66.5 Å². The topological polar surface area (TPSA) is 56.0 Å². The third kappa shape index (κ3) is 2.31. The van der Waals surface area contributed by atoms with Crippen LogP contribution in [0, 0.1) is 0 Å². The predicted molar refractivity (Wildman–Crippen MR) is 89.9 cm³/mol. The van der Waals surface area contributed by atoms with Gasteiger partial charge in [-0.1, -0.05) is 19.1 Å². The Kier molecular flexibility index (Phi) is 3.65. The number of amides is 1. The molecule has 122 valence electrons. The molecule has 24 heavy (non-hydrogen) atoms. The van der Waals surface area contributed by atoms with Gasteiger partial charge in [-0.15, -0.1) is 0 Å². The van der Waals surface area contributed by atoms with Gasteiger partial charge >= 0.3 is 0 Å². The summed E-state index contributed by atoms with van der Waals surface area (Å²) in [6, 6.07) is 11.8. The van der Waals surface area contributed by atoms with Crippen LogP contribution >= 0.6 is 0 Å². The van der Waals surface area contributed by atoms with E-state index in [1.54, 1.807) is 11.0 Å². The molecular formula is C18H19N5O. The van der Waals surface area contributed by atoms with Crippen LogP contribution in [0.15, 0.2) is 55.2 Å². The van der Waals surface area contributed by atoms with Crippen LogP contribution in [0.4, 0.5) is 0 Å². The molecule has 0 saturated heterocycles. The van der Waals surface area contributed by atoms with Crippen LogP contribution in [0.5, 0.6) is 0 Å². The highest BCUT2D eigenvalue weighted by Gasteiger charge is 2.31. The Morgan fingerprint density at radius 3 is 2.88 bits per heavy atom. The standard InChI is InChI=1S/C18H19N5O/c1-2-15-17-8-5-9-21(17)10-11-22(15)18(24)14-6-3-4-7-16(14)23-13-19-12-20-23/h3-9,12-13,15H,2,10-11H2,1H3/t15-/m1/s1. The second-order valence-electron chi connectivity index (χ2n) is 5.91. The van der Waals surface area contributed by atoms with Gasteiger partial charge in [-0.2, -0.15) is 5.10 Å². The minimum atomic E-state index is 0.0420. The second kappa shape index (κ2) is 5.96. The summed E-state index contributed by atoms with van der Waals surface area (Å²) < 4.78 is 3.88. The summed E-state index contributed by atoms with van der Waals surface area (Å²) in [5.41, 5.74) is 2.62. The molecule has 6 heteroatoms. The zero-order valence-electron chi connectivity index (χ0n) is 13.5. The molecule has 0 spiro atoms. The summed E-state index contributed by atoms with van der Waals surface area (Å²) >= 11 is 0. The van der Waals surface area contributed by atoms with E-state index >= 15 is 0 Å². The van der Waals surface area contributed by atoms with Gasteiger partial charge in [0.05, 0.1) is 17.3 Å². The Morgan fingerprint density at radius 1 is 1.21 bits per heavy atom. The number of hydrogen-bond acceptors (Lipinski definition) is 3. The Bertz CT molecular complexity index is 852. The predicted octanol–water partition coefficient (Wildman–Crippen LogP) is 2.68. The Morgan fingerprint density at radius 2 is 2.08 bits per heavy atom. The molecule has 4 rings (SSSR count). The van der Waals surface area contributed by atoms with Crippen molar-refractivity contribution in [3.63, 3.8) is 0 Å². The molecule has 0 radical (unpaired) electrons. The summed E-state index contributed by atoms with van der Waals surface area (Å²) in [6.07, 6.45) is 6.07. The Hall–Kier alpha value is -2.89. The summed E-state index contributed by atoms with van der Waals surface area (Å²) in [4.78, 5) is 19.2. The molecule has 6 nitrogen and oxygen atoms in total. The van der Waals surface area contributed by atoms with E-state index in [1.165, 1.54) is 12.0 Å². The number of benzene rings is 1. The zero-order chi connectivity index (χ0) is 16.5. The van der Waals surface area contributed by atoms with E-state index in [4.69, 9.17) is 0 Å². The molecule has 1 aliphatic heterocycles. The summed E-state index contributed by atoms with van der Waals surface area (Å²) in [6.45, 7) is 3.66. The van der Waals surface area contributed by atoms with Gasteiger partial charge in [0.2, 0.25) is 0 Å². The number of hydrogen-bond donors (Lipinski definition) is 0. The number of aromatic nitrogens is 4. The molecule has 1 aromatic carbocycles. The molecule has 0 aliphatic carbocycles. The third-order valence-corrected chi connectivity index (χ3v) is 4.61. The van der Waals surface area contributed by atoms with Crippen LogP contribution in [0.2, 0.25) is 0 Å². The number of para-hydroxylation sites is 1. The quantitative estimate of drug-likeness (QED) is 0.745. The maximum Gasteiger partial charge on any atom is 0.256 e. The van der Waals surface area contributed by atoms with Crippen molar-refractivity contribution in [2.45, 2.75) is 25.9 Å². The van der Waals surface area contributed by atoms with E-state index in [9.17, 15) is 4.79 Å². The van der Waals surface area contributed by atoms with Gasteiger partial charge in [0, 0.05) is 25.0 Å². The van der Waals surface area contributed by atoms with Crippen LogP contribution in [0.3, 0.4) is 0 Å². The monoisotopic (exact) mass is 321 g/mol. The van der Waals surface area contributed by atoms with Gasteiger partial charge in [0.1, 0.15) is 12.7 Å². The maximum atomic E-state index is 13.3. The average Bonchev–Trinajstić information content (AvgIpc) is 3.31. The fraction of sp³-hybridized carbons (Fsp3) is 0.278. The fourth-order valence-electron chi connectivity index (χ4n) is 3.48. The first-order chi connectivity index (χ1) is 11.8. The molecule has 1 atom stereocenters. The van der Waals surface area contributed by atoms with E-state index in [-0.39, 0.29) is 11.9 Å². The number of carbonyl (C=O) groups excluding carboxylic acids is 1. The molecular weight excluding hydrogens is 302 g/mol. The minimum absolute atomic E-state index is 0.0420. The first kappa shape index (κ1) is 14.7. The lowest BCUT2D eigenvalue weighted by Crippen LogP contribution is -2.42. The van der Waals surface area contributed by atoms with Crippen LogP contribution in [0.25, 0.3) is 5.69 Å². The van der Waals surface area contributed by atoms with Crippen LogP contribution < -0.4 is 0 Å². The summed E-state index contributed by atoms with van der Waals surface area (Å²) in [5, 5.41) is 4.17. The van der Waals surface area contributed by atoms with Gasteiger partial charge in [-0.3, -0.25) is 4.79 Å². The van der Waals surface area contributed by atoms with Crippen LogP contribution in [-0.2, 0) is 6.54 Å². The maximum absolute atomic E-state index is 13.3. The van der Waals surface area contributed by atoms with Crippen molar-refractivity contribution in [1.29, 1.82) is 0 Å². The van der Waals surface area contributed by atoms with Gasteiger partial charge < -0.3 is 9.47 Å². The SMILES string of the molecule is CC[C@@H]1c2cccn2CCN1C(=O)c1ccccc1-n1cncn1. The first-order valence-electron chi connectivity index (χ1n) is 8.19. The molecule has 0 N–H and O–H groups in total. The molecule has 2 aromatic heterocycles. The lowest BCUT2D eigenvalue weighted by molar-refractivity contribution is 0.0617. The molecule has 0 unspecified atom stereocenters. The van der Waals surface area contributed by atoms with E-state index in [0.29, 0.717) is 12.1 Å². The van der Waals surface area contributed by atoms with Crippen molar-refractivity contribution < 1.29 is 4.79 Å². The van der Waals surface area contributed by atoms with E-state index in [2.05, 4.69) is 39.9 Å². The molecule has 3 heterocycles. The van der Waals surface area contributed by atoms with E-state index in [0.717, 1.165) is 18.7 Å².